The maximum absolute atomic E-state index is 11.6. The molecule has 3 N–H and O–H groups in total. The summed E-state index contributed by atoms with van der Waals surface area (Å²) in [5.74, 6) is -0.00136. The number of rotatable bonds is 10. The van der Waals surface area contributed by atoms with Crippen LogP contribution in [-0.4, -0.2) is 53.6 Å². The van der Waals surface area contributed by atoms with Crippen LogP contribution >= 0.6 is 46.1 Å². The van der Waals surface area contributed by atoms with E-state index in [1.807, 2.05) is 18.2 Å². The number of aliphatic hydroxyl groups excluding tert-OH is 3. The minimum atomic E-state index is -0.394. The standard InChI is InChI=1S/C13H15Cl3.C12H18O4S.CH4O/c14-11-4-3-9(5-11)1-2-10-6-12(15)8-13(16)7-10;1-2-3-10-4-5-11(17-10)12(15)16-8-9(6-13)7-14;1-2/h6-9,11H,1-5H2;4-5,9,13-14H,2-3,6-8H2,1H3;2H,1H3/t9-,11?;;/m0../s1. The van der Waals surface area contributed by atoms with Gasteiger partial charge in [-0.2, -0.15) is 0 Å². The normalized spacial score (nSPS) is 16.8. The smallest absolute Gasteiger partial charge is 0.348 e. The van der Waals surface area contributed by atoms with Gasteiger partial charge < -0.3 is 20.1 Å². The number of hydrogen-bond donors (Lipinski definition) is 3. The maximum Gasteiger partial charge on any atom is 0.348 e. The molecule has 1 aliphatic carbocycles. The first-order valence-corrected chi connectivity index (χ1v) is 13.9. The highest BCUT2D eigenvalue weighted by Crippen LogP contribution is 2.33. The molecule has 1 heterocycles. The van der Waals surface area contributed by atoms with Crippen molar-refractivity contribution in [3.63, 3.8) is 0 Å². The fourth-order valence-electron chi connectivity index (χ4n) is 3.70. The van der Waals surface area contributed by atoms with E-state index in [0.29, 0.717) is 10.3 Å². The van der Waals surface area contributed by atoms with Crippen LogP contribution in [0.4, 0.5) is 0 Å². The quantitative estimate of drug-likeness (QED) is 0.228. The Hall–Kier alpha value is -0.860. The van der Waals surface area contributed by atoms with Crippen molar-refractivity contribution in [2.45, 2.75) is 57.2 Å². The number of aryl methyl sites for hydroxylation is 2. The van der Waals surface area contributed by atoms with Crippen LogP contribution in [0.1, 0.15) is 59.1 Å². The topological polar surface area (TPSA) is 87.0 Å². The molecule has 3 rings (SSSR count). The number of benzene rings is 1. The third-order valence-corrected chi connectivity index (χ3v) is 7.52. The number of ether oxygens (including phenoxy) is 1. The van der Waals surface area contributed by atoms with Gasteiger partial charge in [0.25, 0.3) is 0 Å². The van der Waals surface area contributed by atoms with Gasteiger partial charge in [-0.05, 0) is 80.3 Å². The van der Waals surface area contributed by atoms with E-state index in [1.54, 1.807) is 12.1 Å². The van der Waals surface area contributed by atoms with E-state index in [9.17, 15) is 4.79 Å². The van der Waals surface area contributed by atoms with Gasteiger partial charge in [0.1, 0.15) is 4.88 Å². The lowest BCUT2D eigenvalue weighted by atomic mass is 9.98. The molecule has 5 nitrogen and oxygen atoms in total. The molecule has 1 aromatic carbocycles. The summed E-state index contributed by atoms with van der Waals surface area (Å²) in [6, 6.07) is 9.46. The van der Waals surface area contributed by atoms with Crippen LogP contribution < -0.4 is 0 Å². The fraction of sp³-hybridized carbons (Fsp3) is 0.577. The van der Waals surface area contributed by atoms with E-state index in [0.717, 1.165) is 48.8 Å². The Bertz CT molecular complexity index is 837. The Kier molecular flexibility index (Phi) is 16.9. The van der Waals surface area contributed by atoms with Crippen LogP contribution in [0, 0.1) is 11.8 Å². The number of alkyl halides is 1. The molecular formula is C26H37Cl3O5S. The first kappa shape index (κ1) is 32.2. The van der Waals surface area contributed by atoms with E-state index >= 15 is 0 Å². The summed E-state index contributed by atoms with van der Waals surface area (Å²) < 4.78 is 5.01. The SMILES string of the molecule is CCCc1ccc(C(=O)OCC(CO)CO)s1.CO.Clc1cc(Cl)cc(CC[C@H]2CCC(Cl)C2)c1. The minimum Gasteiger partial charge on any atom is -0.461 e. The zero-order valence-corrected chi connectivity index (χ0v) is 23.5. The maximum atomic E-state index is 11.6. The summed E-state index contributed by atoms with van der Waals surface area (Å²) in [5.41, 5.74) is 1.23. The molecule has 1 unspecified atom stereocenters. The van der Waals surface area contributed by atoms with Crippen molar-refractivity contribution in [2.24, 2.45) is 11.8 Å². The van der Waals surface area contributed by atoms with Crippen LogP contribution in [0.3, 0.4) is 0 Å². The lowest BCUT2D eigenvalue weighted by molar-refractivity contribution is 0.0309. The van der Waals surface area contributed by atoms with Crippen LogP contribution in [0.25, 0.3) is 0 Å². The van der Waals surface area contributed by atoms with Crippen molar-refractivity contribution in [1.82, 2.24) is 0 Å². The molecule has 0 bridgehead atoms. The third kappa shape index (κ3) is 12.8. The van der Waals surface area contributed by atoms with Gasteiger partial charge in [0, 0.05) is 33.3 Å². The molecule has 0 aliphatic heterocycles. The van der Waals surface area contributed by atoms with Crippen LogP contribution in [0.5, 0.6) is 0 Å². The predicted molar refractivity (Wildman–Crippen MR) is 146 cm³/mol. The fourth-order valence-corrected chi connectivity index (χ4v) is 5.65. The summed E-state index contributed by atoms with van der Waals surface area (Å²) >= 11 is 19.5. The summed E-state index contributed by atoms with van der Waals surface area (Å²) in [6.07, 6.45) is 7.86. The van der Waals surface area contributed by atoms with Crippen molar-refractivity contribution in [2.75, 3.05) is 26.9 Å². The monoisotopic (exact) mass is 566 g/mol. The number of esters is 1. The summed E-state index contributed by atoms with van der Waals surface area (Å²) in [4.78, 5) is 13.4. The van der Waals surface area contributed by atoms with Gasteiger partial charge in [0.2, 0.25) is 0 Å². The molecule has 9 heteroatoms. The summed E-state index contributed by atoms with van der Waals surface area (Å²) in [7, 11) is 1.00. The Labute approximate surface area is 228 Å². The van der Waals surface area contributed by atoms with Gasteiger partial charge in [0.15, 0.2) is 0 Å². The first-order chi connectivity index (χ1) is 16.8. The van der Waals surface area contributed by atoms with Gasteiger partial charge in [0.05, 0.1) is 19.8 Å². The Morgan fingerprint density at radius 2 is 1.74 bits per heavy atom. The zero-order valence-electron chi connectivity index (χ0n) is 20.4. The van der Waals surface area contributed by atoms with E-state index in [2.05, 4.69) is 6.92 Å². The molecule has 0 amide bonds. The lowest BCUT2D eigenvalue weighted by Crippen LogP contribution is -2.20. The second-order valence-corrected chi connectivity index (χ2v) is 11.1. The number of aliphatic hydroxyl groups is 3. The Balaban J connectivity index is 0.000000327. The average molecular weight is 568 g/mol. The van der Waals surface area contributed by atoms with Gasteiger partial charge in [-0.25, -0.2) is 4.79 Å². The average Bonchev–Trinajstić information content (AvgIpc) is 3.49. The molecule has 2 atom stereocenters. The van der Waals surface area contributed by atoms with Crippen molar-refractivity contribution >= 4 is 52.1 Å². The van der Waals surface area contributed by atoms with Crippen molar-refractivity contribution in [1.29, 1.82) is 0 Å². The van der Waals surface area contributed by atoms with Crippen molar-refractivity contribution in [3.8, 4) is 0 Å². The molecule has 1 saturated carbocycles. The van der Waals surface area contributed by atoms with Crippen molar-refractivity contribution < 1.29 is 24.9 Å². The summed E-state index contributed by atoms with van der Waals surface area (Å²) in [6.45, 7) is 1.77. The molecule has 0 radical (unpaired) electrons. The predicted octanol–water partition coefficient (Wildman–Crippen LogP) is 6.40. The highest BCUT2D eigenvalue weighted by Gasteiger charge is 2.22. The first-order valence-electron chi connectivity index (χ1n) is 11.9. The zero-order chi connectivity index (χ0) is 26.2. The minimum absolute atomic E-state index is 0.0485. The number of hydrogen-bond acceptors (Lipinski definition) is 6. The number of halogens is 3. The van der Waals surface area contributed by atoms with E-state index in [-0.39, 0.29) is 25.8 Å². The second kappa shape index (κ2) is 18.4. The number of carbonyl (C=O) groups excluding carboxylic acids is 1. The van der Waals surface area contributed by atoms with Crippen LogP contribution in [0.15, 0.2) is 30.3 Å². The molecule has 0 saturated heterocycles. The molecular weight excluding hydrogens is 531 g/mol. The largest absolute Gasteiger partial charge is 0.461 e. The van der Waals surface area contributed by atoms with Crippen LogP contribution in [0.2, 0.25) is 10.0 Å². The molecule has 0 spiro atoms. The molecule has 1 fully saturated rings. The number of thiophene rings is 1. The van der Waals surface area contributed by atoms with E-state index in [4.69, 9.17) is 54.9 Å². The van der Waals surface area contributed by atoms with Gasteiger partial charge in [-0.1, -0.05) is 36.5 Å². The molecule has 1 aromatic heterocycles. The van der Waals surface area contributed by atoms with Gasteiger partial charge >= 0.3 is 5.97 Å². The highest BCUT2D eigenvalue weighted by molar-refractivity contribution is 7.13. The second-order valence-electron chi connectivity index (χ2n) is 8.44. The van der Waals surface area contributed by atoms with Gasteiger partial charge in [-0.15, -0.1) is 22.9 Å². The molecule has 1 aliphatic rings. The van der Waals surface area contributed by atoms with Gasteiger partial charge in [-0.3, -0.25) is 0 Å². The molecule has 35 heavy (non-hydrogen) atoms. The van der Waals surface area contributed by atoms with Crippen molar-refractivity contribution in [3.05, 3.63) is 55.7 Å². The van der Waals surface area contributed by atoms with Crippen LogP contribution in [-0.2, 0) is 17.6 Å². The molecule has 2 aromatic rings. The number of carbonyl (C=O) groups is 1. The van der Waals surface area contributed by atoms with E-state index in [1.165, 1.54) is 41.0 Å². The Morgan fingerprint density at radius 3 is 2.29 bits per heavy atom. The lowest BCUT2D eigenvalue weighted by Gasteiger charge is -2.10. The van der Waals surface area contributed by atoms with E-state index < -0.39 is 5.92 Å². The molecule has 198 valence electrons. The summed E-state index contributed by atoms with van der Waals surface area (Å²) in [5, 5.41) is 26.5. The highest BCUT2D eigenvalue weighted by atomic mass is 35.5. The Morgan fingerprint density at radius 1 is 1.09 bits per heavy atom. The third-order valence-electron chi connectivity index (χ3n) is 5.57.